The van der Waals surface area contributed by atoms with E-state index < -0.39 is 0 Å². The third-order valence-electron chi connectivity index (χ3n) is 3.07. The van der Waals surface area contributed by atoms with Crippen molar-refractivity contribution in [2.45, 2.75) is 13.3 Å². The van der Waals surface area contributed by atoms with Gasteiger partial charge in [0.1, 0.15) is 0 Å². The Balaban J connectivity index is 2.82. The molecule has 0 saturated heterocycles. The van der Waals surface area contributed by atoms with Gasteiger partial charge in [-0.05, 0) is 53.3 Å². The summed E-state index contributed by atoms with van der Waals surface area (Å²) in [4.78, 5) is 25.4. The van der Waals surface area contributed by atoms with Crippen molar-refractivity contribution in [2.24, 2.45) is 0 Å². The molecule has 0 aromatic heterocycles. The quantitative estimate of drug-likeness (QED) is 0.516. The predicted octanol–water partition coefficient (Wildman–Crippen LogP) is 2.25. The van der Waals surface area contributed by atoms with Gasteiger partial charge in [-0.1, -0.05) is 0 Å². The molecule has 0 radical (unpaired) electrons. The number of methoxy groups -OCH3 is 2. The number of rotatable bonds is 7. The van der Waals surface area contributed by atoms with Gasteiger partial charge in [-0.2, -0.15) is 0 Å². The average molecular weight is 405 g/mol. The number of hydrogen-bond donors (Lipinski definition) is 0. The molecule has 21 heavy (non-hydrogen) atoms. The molecule has 5 nitrogen and oxygen atoms in total. The van der Waals surface area contributed by atoms with E-state index in [1.807, 2.05) is 19.1 Å². The molecule has 1 amide bonds. The zero-order valence-electron chi connectivity index (χ0n) is 12.5. The Morgan fingerprint density at radius 3 is 2.52 bits per heavy atom. The van der Waals surface area contributed by atoms with E-state index in [2.05, 4.69) is 27.3 Å². The molecule has 0 atom stereocenters. The van der Waals surface area contributed by atoms with E-state index in [0.29, 0.717) is 25.3 Å². The summed E-state index contributed by atoms with van der Waals surface area (Å²) in [6, 6.07) is 5.58. The van der Waals surface area contributed by atoms with Crippen LogP contribution in [0.25, 0.3) is 0 Å². The second-order valence-electron chi connectivity index (χ2n) is 4.58. The number of benzene rings is 1. The highest BCUT2D eigenvalue weighted by Crippen LogP contribution is 2.15. The van der Waals surface area contributed by atoms with Crippen LogP contribution < -0.4 is 0 Å². The lowest BCUT2D eigenvalue weighted by Crippen LogP contribution is -2.35. The number of esters is 1. The van der Waals surface area contributed by atoms with E-state index >= 15 is 0 Å². The van der Waals surface area contributed by atoms with Crippen molar-refractivity contribution < 1.29 is 19.1 Å². The number of aryl methyl sites for hydroxylation is 1. The van der Waals surface area contributed by atoms with Gasteiger partial charge in [0.05, 0.1) is 20.1 Å². The molecule has 1 rings (SSSR count). The number of hydrogen-bond acceptors (Lipinski definition) is 4. The van der Waals surface area contributed by atoms with Crippen LogP contribution in [0.5, 0.6) is 0 Å². The van der Waals surface area contributed by atoms with Gasteiger partial charge < -0.3 is 14.4 Å². The summed E-state index contributed by atoms with van der Waals surface area (Å²) >= 11 is 2.23. The van der Waals surface area contributed by atoms with Gasteiger partial charge in [0.2, 0.25) is 0 Å². The van der Waals surface area contributed by atoms with Crippen molar-refractivity contribution >= 4 is 34.5 Å². The molecule has 0 unspecified atom stereocenters. The van der Waals surface area contributed by atoms with Crippen LogP contribution in [0.1, 0.15) is 22.3 Å². The first-order valence-corrected chi connectivity index (χ1v) is 7.68. The molecule has 6 heteroatoms. The monoisotopic (exact) mass is 405 g/mol. The van der Waals surface area contributed by atoms with Gasteiger partial charge in [-0.3, -0.25) is 9.59 Å². The average Bonchev–Trinajstić information content (AvgIpc) is 2.49. The van der Waals surface area contributed by atoms with E-state index in [-0.39, 0.29) is 18.3 Å². The summed E-state index contributed by atoms with van der Waals surface area (Å²) in [5.74, 6) is -0.431. The fourth-order valence-electron chi connectivity index (χ4n) is 1.80. The summed E-state index contributed by atoms with van der Waals surface area (Å²) in [6.07, 6.45) is 0.176. The predicted molar refractivity (Wildman–Crippen MR) is 88.3 cm³/mol. The maximum Gasteiger partial charge on any atom is 0.307 e. The molecule has 0 fully saturated rings. The second kappa shape index (κ2) is 8.99. The van der Waals surface area contributed by atoms with E-state index in [1.54, 1.807) is 18.1 Å². The van der Waals surface area contributed by atoms with Gasteiger partial charge >= 0.3 is 5.97 Å². The summed E-state index contributed by atoms with van der Waals surface area (Å²) in [6.45, 7) is 3.15. The Hall–Kier alpha value is -1.15. The second-order valence-corrected chi connectivity index (χ2v) is 5.74. The Bertz CT molecular complexity index is 504. The zero-order chi connectivity index (χ0) is 15.8. The molecule has 0 heterocycles. The number of ether oxygens (including phenoxy) is 2. The highest BCUT2D eigenvalue weighted by molar-refractivity contribution is 14.1. The molecule has 0 bridgehead atoms. The first-order chi connectivity index (χ1) is 9.99. The van der Waals surface area contributed by atoms with Crippen molar-refractivity contribution in [2.75, 3.05) is 33.9 Å². The number of halogens is 1. The van der Waals surface area contributed by atoms with Crippen LogP contribution in [0.4, 0.5) is 0 Å². The van der Waals surface area contributed by atoms with E-state index in [1.165, 1.54) is 7.11 Å². The molecule has 0 N–H and O–H groups in total. The molecule has 1 aromatic carbocycles. The molecule has 0 aliphatic heterocycles. The van der Waals surface area contributed by atoms with Crippen LogP contribution in [-0.2, 0) is 14.3 Å². The van der Waals surface area contributed by atoms with Crippen LogP contribution >= 0.6 is 22.6 Å². The first kappa shape index (κ1) is 17.9. The summed E-state index contributed by atoms with van der Waals surface area (Å²) in [5.41, 5.74) is 1.68. The fraction of sp³-hybridized carbons (Fsp3) is 0.467. The Labute approximate surface area is 138 Å². The first-order valence-electron chi connectivity index (χ1n) is 6.60. The van der Waals surface area contributed by atoms with Crippen LogP contribution in [0.3, 0.4) is 0 Å². The lowest BCUT2D eigenvalue weighted by atomic mass is 10.1. The number of carbonyl (C=O) groups is 2. The Morgan fingerprint density at radius 1 is 1.24 bits per heavy atom. The van der Waals surface area contributed by atoms with Crippen molar-refractivity contribution in [3.63, 3.8) is 0 Å². The van der Waals surface area contributed by atoms with Gasteiger partial charge in [0, 0.05) is 29.3 Å². The van der Waals surface area contributed by atoms with Gasteiger partial charge in [-0.15, -0.1) is 0 Å². The van der Waals surface area contributed by atoms with Crippen molar-refractivity contribution in [3.8, 4) is 0 Å². The minimum absolute atomic E-state index is 0.101. The van der Waals surface area contributed by atoms with Crippen molar-refractivity contribution in [3.05, 3.63) is 32.9 Å². The fourth-order valence-corrected chi connectivity index (χ4v) is 2.14. The van der Waals surface area contributed by atoms with E-state index in [9.17, 15) is 9.59 Å². The smallest absolute Gasteiger partial charge is 0.307 e. The van der Waals surface area contributed by atoms with E-state index in [0.717, 1.165) is 9.13 Å². The maximum atomic E-state index is 12.5. The lowest BCUT2D eigenvalue weighted by Gasteiger charge is -2.22. The highest BCUT2D eigenvalue weighted by atomic mass is 127. The van der Waals surface area contributed by atoms with Gasteiger partial charge in [0.25, 0.3) is 5.91 Å². The van der Waals surface area contributed by atoms with Crippen LogP contribution in [0.2, 0.25) is 0 Å². The number of carbonyl (C=O) groups excluding carboxylic acids is 2. The molecule has 0 aliphatic rings. The van der Waals surface area contributed by atoms with Crippen molar-refractivity contribution in [1.82, 2.24) is 4.90 Å². The summed E-state index contributed by atoms with van der Waals surface area (Å²) in [5, 5.41) is 0. The van der Waals surface area contributed by atoms with Gasteiger partial charge in [-0.25, -0.2) is 0 Å². The minimum atomic E-state index is -0.330. The molecule has 0 saturated carbocycles. The summed E-state index contributed by atoms with van der Waals surface area (Å²) < 4.78 is 10.8. The summed E-state index contributed by atoms with van der Waals surface area (Å²) in [7, 11) is 2.92. The molecule has 116 valence electrons. The maximum absolute atomic E-state index is 12.5. The lowest BCUT2D eigenvalue weighted by molar-refractivity contribution is -0.140. The number of amides is 1. The number of nitrogens with zero attached hydrogens (tertiary/aromatic N) is 1. The molecule has 1 aromatic rings. The Morgan fingerprint density at radius 2 is 1.95 bits per heavy atom. The van der Waals surface area contributed by atoms with Crippen LogP contribution in [-0.4, -0.2) is 50.7 Å². The molecular weight excluding hydrogens is 385 g/mol. The molecule has 0 aliphatic carbocycles. The zero-order valence-corrected chi connectivity index (χ0v) is 14.7. The molecular formula is C15H20INO4. The standard InChI is InChI=1S/C15H20INO4/c1-11-10-12(4-5-13(11)16)15(19)17(8-9-20-2)7-6-14(18)21-3/h4-5,10H,6-9H2,1-3H3. The minimum Gasteiger partial charge on any atom is -0.469 e. The Kier molecular flexibility index (Phi) is 7.66. The SMILES string of the molecule is COCCN(CCC(=O)OC)C(=O)c1ccc(I)c(C)c1. The van der Waals surface area contributed by atoms with Gasteiger partial charge in [0.15, 0.2) is 0 Å². The highest BCUT2D eigenvalue weighted by Gasteiger charge is 2.17. The third-order valence-corrected chi connectivity index (χ3v) is 4.28. The van der Waals surface area contributed by atoms with Crippen molar-refractivity contribution in [1.29, 1.82) is 0 Å². The normalized spacial score (nSPS) is 10.3. The molecule has 0 spiro atoms. The topological polar surface area (TPSA) is 55.8 Å². The van der Waals surface area contributed by atoms with E-state index in [4.69, 9.17) is 4.74 Å². The van der Waals surface area contributed by atoms with Crippen LogP contribution in [0, 0.1) is 10.5 Å². The third kappa shape index (κ3) is 5.62. The largest absolute Gasteiger partial charge is 0.469 e. The van der Waals surface area contributed by atoms with Crippen LogP contribution in [0.15, 0.2) is 18.2 Å².